The van der Waals surface area contributed by atoms with Crippen LogP contribution in [0.25, 0.3) is 0 Å². The van der Waals surface area contributed by atoms with Crippen molar-refractivity contribution in [2.75, 3.05) is 0 Å². The van der Waals surface area contributed by atoms with Crippen LogP contribution in [0.1, 0.15) is 26.7 Å². The Morgan fingerprint density at radius 2 is 2.32 bits per heavy atom. The molecule has 0 bridgehead atoms. The van der Waals surface area contributed by atoms with E-state index in [9.17, 15) is 14.7 Å². The molecule has 98 valence electrons. The number of hydrogen-bond acceptors (Lipinski definition) is 5. The number of hydrogen-bond donors (Lipinski definition) is 1. The molecule has 5 nitrogen and oxygen atoms in total. The molecule has 4 atom stereocenters. The van der Waals surface area contributed by atoms with Crippen LogP contribution in [0, 0.1) is 0 Å². The minimum Gasteiger partial charge on any atom is -0.548 e. The van der Waals surface area contributed by atoms with E-state index in [-0.39, 0.29) is 46.9 Å². The average Bonchev–Trinajstić information content (AvgIpc) is 2.85. The van der Waals surface area contributed by atoms with Crippen LogP contribution in [0.3, 0.4) is 0 Å². The fraction of sp³-hybridized carbons (Fsp3) is 0.727. The second kappa shape index (κ2) is 4.59. The van der Waals surface area contributed by atoms with E-state index in [4.69, 9.17) is 12.2 Å². The van der Waals surface area contributed by atoms with Gasteiger partial charge < -0.3 is 20.1 Å². The molecule has 0 radical (unpaired) electrons. The van der Waals surface area contributed by atoms with Crippen LogP contribution in [-0.4, -0.2) is 43.5 Å². The van der Waals surface area contributed by atoms with Crippen molar-refractivity contribution in [1.29, 1.82) is 0 Å². The van der Waals surface area contributed by atoms with Gasteiger partial charge in [-0.1, -0.05) is 19.1 Å². The maximum atomic E-state index is 12.1. The summed E-state index contributed by atoms with van der Waals surface area (Å²) in [6.07, 6.45) is 1.17. The zero-order valence-corrected chi connectivity index (χ0v) is 14.7. The van der Waals surface area contributed by atoms with Gasteiger partial charge in [-0.25, -0.2) is 0 Å². The summed E-state index contributed by atoms with van der Waals surface area (Å²) in [6.45, 7) is 3.80. The van der Waals surface area contributed by atoms with E-state index >= 15 is 0 Å². The van der Waals surface area contributed by atoms with Gasteiger partial charge >= 0.3 is 29.6 Å². The van der Waals surface area contributed by atoms with Crippen molar-refractivity contribution in [1.82, 2.24) is 10.2 Å². The van der Waals surface area contributed by atoms with Gasteiger partial charge in [-0.3, -0.25) is 4.79 Å². The molecule has 0 aromatic carbocycles. The molecule has 3 unspecified atom stereocenters. The Morgan fingerprint density at radius 1 is 1.68 bits per heavy atom. The van der Waals surface area contributed by atoms with Crippen LogP contribution in [0.2, 0.25) is 0 Å². The number of carbonyl (C=O) groups is 2. The average molecular weight is 308 g/mol. The maximum absolute atomic E-state index is 12.1. The molecule has 3 fully saturated rings. The van der Waals surface area contributed by atoms with Crippen LogP contribution >= 0.6 is 24.0 Å². The molecular formula is C11H13N2NaO3S2. The summed E-state index contributed by atoms with van der Waals surface area (Å²) in [5.41, 5.74) is -1.08. The summed E-state index contributed by atoms with van der Waals surface area (Å²) in [5, 5.41) is 14.2. The number of carboxylic acids is 1. The second-order valence-corrected chi connectivity index (χ2v) is 7.28. The number of nitrogens with zero attached hydrogens (tertiary/aromatic N) is 1. The number of carboxylic acid groups (broad SMARTS) is 1. The zero-order chi connectivity index (χ0) is 13.3. The van der Waals surface area contributed by atoms with Crippen molar-refractivity contribution in [2.24, 2.45) is 0 Å². The van der Waals surface area contributed by atoms with Crippen LogP contribution in [0.4, 0.5) is 0 Å². The number of nitrogens with one attached hydrogen (secondary N) is 1. The number of thioether (sulfide) groups is 1. The molecule has 8 heteroatoms. The Hall–Kier alpha value is 0.180. The van der Waals surface area contributed by atoms with Gasteiger partial charge in [-0.15, -0.1) is 11.8 Å². The molecular weight excluding hydrogens is 295 g/mol. The molecule has 1 N–H and O–H groups in total. The standard InChI is InChI=1S/C11H14N2O3S2.Na/c1-3-5(17)12-6-7(14)13-8(6)18-10(2)4-11(10,13)9(15)16;/h6,8H,3-4H2,1-2H3,(H,12,17)(H,15,16);/q;+1/p-1/t6?,8-,10?,11?;/m1./s1. The summed E-state index contributed by atoms with van der Waals surface area (Å²) < 4.78 is -0.392. The van der Waals surface area contributed by atoms with Crippen molar-refractivity contribution in [3.63, 3.8) is 0 Å². The predicted octanol–water partition coefficient (Wildman–Crippen LogP) is -3.75. The van der Waals surface area contributed by atoms with E-state index in [0.29, 0.717) is 17.8 Å². The third kappa shape index (κ3) is 1.75. The van der Waals surface area contributed by atoms with E-state index in [2.05, 4.69) is 5.32 Å². The minimum absolute atomic E-state index is 0. The topological polar surface area (TPSA) is 72.5 Å². The molecule has 0 aromatic rings. The summed E-state index contributed by atoms with van der Waals surface area (Å²) in [6, 6.07) is -0.372. The number of amides is 1. The van der Waals surface area contributed by atoms with Crippen LogP contribution in [0.5, 0.6) is 0 Å². The monoisotopic (exact) mass is 308 g/mol. The molecule has 2 heterocycles. The molecule has 1 saturated carbocycles. The number of thiocarbonyl (C=S) groups is 1. The quantitative estimate of drug-likeness (QED) is 0.328. The number of aliphatic carboxylic acids is 1. The summed E-state index contributed by atoms with van der Waals surface area (Å²) in [5.74, 6) is -1.31. The normalized spacial score (nSPS) is 41.6. The van der Waals surface area contributed by atoms with E-state index < -0.39 is 16.3 Å². The van der Waals surface area contributed by atoms with Crippen molar-refractivity contribution in [3.8, 4) is 0 Å². The van der Waals surface area contributed by atoms with Crippen molar-refractivity contribution in [3.05, 3.63) is 0 Å². The Morgan fingerprint density at radius 3 is 2.84 bits per heavy atom. The van der Waals surface area contributed by atoms with E-state index in [0.717, 1.165) is 0 Å². The molecule has 0 aromatic heterocycles. The molecule has 3 aliphatic rings. The minimum atomic E-state index is -1.13. The van der Waals surface area contributed by atoms with E-state index in [1.54, 1.807) is 11.8 Å². The summed E-state index contributed by atoms with van der Waals surface area (Å²) >= 11 is 6.62. The Labute approximate surface area is 143 Å². The van der Waals surface area contributed by atoms with Gasteiger partial charge in [-0.2, -0.15) is 0 Å². The first kappa shape index (κ1) is 15.6. The Balaban J connectivity index is 0.00000133. The first-order valence-electron chi connectivity index (χ1n) is 5.89. The molecule has 2 aliphatic heterocycles. The largest absolute Gasteiger partial charge is 1.00 e. The molecule has 0 spiro atoms. The molecule has 19 heavy (non-hydrogen) atoms. The number of rotatable bonds is 3. The third-order valence-electron chi connectivity index (χ3n) is 4.15. The number of β-lactam (4-membered cyclic amide) rings is 1. The first-order valence-corrected chi connectivity index (χ1v) is 7.18. The summed E-state index contributed by atoms with van der Waals surface area (Å²) in [7, 11) is 0. The fourth-order valence-corrected chi connectivity index (χ4v) is 5.01. The fourth-order valence-electron chi connectivity index (χ4n) is 2.97. The van der Waals surface area contributed by atoms with Gasteiger partial charge in [0.1, 0.15) is 11.4 Å². The van der Waals surface area contributed by atoms with Crippen LogP contribution < -0.4 is 40.0 Å². The van der Waals surface area contributed by atoms with Gasteiger partial charge in [-0.05, 0) is 19.8 Å². The van der Waals surface area contributed by atoms with Gasteiger partial charge in [0.15, 0.2) is 0 Å². The van der Waals surface area contributed by atoms with Gasteiger partial charge in [0, 0.05) is 4.75 Å². The van der Waals surface area contributed by atoms with Crippen molar-refractivity contribution < 1.29 is 44.3 Å². The van der Waals surface area contributed by atoms with Crippen LogP contribution in [-0.2, 0) is 9.59 Å². The number of carbonyl (C=O) groups excluding carboxylic acids is 2. The van der Waals surface area contributed by atoms with E-state index in [1.807, 2.05) is 13.8 Å². The molecule has 1 amide bonds. The van der Waals surface area contributed by atoms with Gasteiger partial charge in [0.2, 0.25) is 5.91 Å². The molecule has 3 rings (SSSR count). The van der Waals surface area contributed by atoms with Gasteiger partial charge in [0.05, 0.1) is 16.5 Å². The maximum Gasteiger partial charge on any atom is 1.00 e. The van der Waals surface area contributed by atoms with Crippen LogP contribution in [0.15, 0.2) is 0 Å². The Bertz CT molecular complexity index is 489. The Kier molecular flexibility index (Phi) is 3.76. The smallest absolute Gasteiger partial charge is 0.548 e. The predicted molar refractivity (Wildman–Crippen MR) is 68.8 cm³/mol. The molecule has 2 saturated heterocycles. The second-order valence-electron chi connectivity index (χ2n) is 5.17. The summed E-state index contributed by atoms with van der Waals surface area (Å²) in [4.78, 5) is 25.5. The first-order chi connectivity index (χ1) is 8.37. The van der Waals surface area contributed by atoms with Gasteiger partial charge in [0.25, 0.3) is 0 Å². The van der Waals surface area contributed by atoms with Crippen molar-refractivity contribution in [2.45, 2.75) is 48.4 Å². The molecule has 1 aliphatic carbocycles. The number of fused-ring (bicyclic) bond motifs is 3. The zero-order valence-electron chi connectivity index (χ0n) is 11.1. The van der Waals surface area contributed by atoms with E-state index in [1.165, 1.54) is 4.90 Å². The third-order valence-corrected chi connectivity index (χ3v) is 6.29. The van der Waals surface area contributed by atoms with Crippen molar-refractivity contribution >= 4 is 40.8 Å². The SMILES string of the molecule is CCC(=S)NC1C(=O)N2[C@@H]1SC1(C)CC21C(=O)[O-].[Na+].